The Labute approximate surface area is 118 Å². The average Bonchev–Trinajstić information content (AvgIpc) is 2.44. The van der Waals surface area contributed by atoms with E-state index in [1.54, 1.807) is 0 Å². The molecule has 0 saturated carbocycles. The molecule has 1 aromatic carbocycles. The third-order valence-corrected chi connectivity index (χ3v) is 4.11. The smallest absolute Gasteiger partial charge is 0.0366 e. The summed E-state index contributed by atoms with van der Waals surface area (Å²) in [6, 6.07) is 11.6. The highest BCUT2D eigenvalue weighted by atomic mass is 15.1. The van der Waals surface area contributed by atoms with Gasteiger partial charge in [0, 0.05) is 24.8 Å². The maximum atomic E-state index is 3.55. The topological polar surface area (TPSA) is 15.3 Å². The Kier molecular flexibility index (Phi) is 5.71. The largest absolute Gasteiger partial charge is 0.371 e. The van der Waals surface area contributed by atoms with Crippen LogP contribution in [0.5, 0.6) is 0 Å². The molecule has 2 nitrogen and oxygen atoms in total. The van der Waals surface area contributed by atoms with E-state index in [2.05, 4.69) is 54.4 Å². The van der Waals surface area contributed by atoms with Crippen molar-refractivity contribution in [2.75, 3.05) is 24.5 Å². The van der Waals surface area contributed by atoms with Crippen LogP contribution in [0.25, 0.3) is 0 Å². The van der Waals surface area contributed by atoms with Gasteiger partial charge in [0.2, 0.25) is 0 Å². The van der Waals surface area contributed by atoms with Gasteiger partial charge in [-0.05, 0) is 50.8 Å². The van der Waals surface area contributed by atoms with E-state index >= 15 is 0 Å². The van der Waals surface area contributed by atoms with E-state index in [4.69, 9.17) is 0 Å². The van der Waals surface area contributed by atoms with Gasteiger partial charge in [-0.25, -0.2) is 0 Å². The molecule has 1 saturated heterocycles. The normalized spacial score (nSPS) is 23.3. The quantitative estimate of drug-likeness (QED) is 0.839. The number of rotatable bonds is 6. The van der Waals surface area contributed by atoms with Crippen molar-refractivity contribution in [1.82, 2.24) is 5.32 Å². The average molecular weight is 260 g/mol. The minimum atomic E-state index is 0.683. The lowest BCUT2D eigenvalue weighted by Gasteiger charge is -2.34. The predicted molar refractivity (Wildman–Crippen MR) is 83.8 cm³/mol. The van der Waals surface area contributed by atoms with Crippen molar-refractivity contribution < 1.29 is 0 Å². The molecule has 2 atom stereocenters. The summed E-state index contributed by atoms with van der Waals surface area (Å²) >= 11 is 0. The third kappa shape index (κ3) is 4.54. The number of anilines is 1. The highest BCUT2D eigenvalue weighted by Gasteiger charge is 2.20. The summed E-state index contributed by atoms with van der Waals surface area (Å²) in [4.78, 5) is 2.59. The van der Waals surface area contributed by atoms with Crippen molar-refractivity contribution in [1.29, 1.82) is 0 Å². The number of nitrogens with one attached hydrogen (secondary N) is 1. The van der Waals surface area contributed by atoms with Gasteiger partial charge in [0.15, 0.2) is 0 Å². The van der Waals surface area contributed by atoms with Crippen LogP contribution in [0.4, 0.5) is 5.69 Å². The first-order valence-corrected chi connectivity index (χ1v) is 7.83. The summed E-state index contributed by atoms with van der Waals surface area (Å²) in [5.74, 6) is 0.841. The van der Waals surface area contributed by atoms with Crippen molar-refractivity contribution in [3.05, 3.63) is 30.3 Å². The molecular formula is C17H28N2. The molecule has 1 aliphatic heterocycles. The number of para-hydroxylation sites is 1. The molecular weight excluding hydrogens is 232 g/mol. The molecule has 0 aromatic heterocycles. The van der Waals surface area contributed by atoms with E-state index in [0.29, 0.717) is 6.04 Å². The SMILES string of the molecule is CCCCN(CC1CCNC(C)C1)c1ccccc1. The summed E-state index contributed by atoms with van der Waals surface area (Å²) in [5.41, 5.74) is 1.39. The molecule has 2 heteroatoms. The molecule has 0 radical (unpaired) electrons. The molecule has 0 aliphatic carbocycles. The van der Waals surface area contributed by atoms with Gasteiger partial charge in [0.1, 0.15) is 0 Å². The highest BCUT2D eigenvalue weighted by Crippen LogP contribution is 2.22. The molecule has 19 heavy (non-hydrogen) atoms. The summed E-state index contributed by atoms with van der Waals surface area (Å²) in [6.45, 7) is 8.18. The Morgan fingerprint density at radius 3 is 2.74 bits per heavy atom. The van der Waals surface area contributed by atoms with Gasteiger partial charge in [-0.2, -0.15) is 0 Å². The van der Waals surface area contributed by atoms with Crippen LogP contribution in [0.1, 0.15) is 39.5 Å². The van der Waals surface area contributed by atoms with Crippen LogP contribution in [-0.4, -0.2) is 25.7 Å². The van der Waals surface area contributed by atoms with Gasteiger partial charge in [-0.3, -0.25) is 0 Å². The zero-order valence-corrected chi connectivity index (χ0v) is 12.4. The lowest BCUT2D eigenvalue weighted by molar-refractivity contribution is 0.316. The van der Waals surface area contributed by atoms with Crippen LogP contribution in [0, 0.1) is 5.92 Å². The maximum Gasteiger partial charge on any atom is 0.0366 e. The number of unbranched alkanes of at least 4 members (excludes halogenated alkanes) is 1. The Bertz CT molecular complexity index is 350. The van der Waals surface area contributed by atoms with E-state index in [0.717, 1.165) is 5.92 Å². The van der Waals surface area contributed by atoms with E-state index < -0.39 is 0 Å². The molecule has 1 N–H and O–H groups in total. The fraction of sp³-hybridized carbons (Fsp3) is 0.647. The number of nitrogens with zero attached hydrogens (tertiary/aromatic N) is 1. The second kappa shape index (κ2) is 7.54. The van der Waals surface area contributed by atoms with E-state index in [-0.39, 0.29) is 0 Å². The minimum Gasteiger partial charge on any atom is -0.371 e. The molecule has 2 rings (SSSR count). The molecule has 106 valence electrons. The first-order valence-electron chi connectivity index (χ1n) is 7.83. The molecule has 0 amide bonds. The Balaban J connectivity index is 1.97. The number of hydrogen-bond acceptors (Lipinski definition) is 2. The van der Waals surface area contributed by atoms with Gasteiger partial charge in [-0.1, -0.05) is 31.5 Å². The highest BCUT2D eigenvalue weighted by molar-refractivity contribution is 5.45. The maximum absolute atomic E-state index is 3.55. The van der Waals surface area contributed by atoms with Crippen molar-refractivity contribution in [3.8, 4) is 0 Å². The van der Waals surface area contributed by atoms with Gasteiger partial charge in [0.25, 0.3) is 0 Å². The Morgan fingerprint density at radius 1 is 1.26 bits per heavy atom. The molecule has 0 spiro atoms. The Hall–Kier alpha value is -1.02. The summed E-state index contributed by atoms with van der Waals surface area (Å²) in [6.07, 6.45) is 5.19. The first-order chi connectivity index (χ1) is 9.29. The molecule has 1 fully saturated rings. The molecule has 1 aliphatic rings. The molecule has 1 heterocycles. The van der Waals surface area contributed by atoms with Crippen molar-refractivity contribution in [2.45, 2.75) is 45.6 Å². The van der Waals surface area contributed by atoms with Crippen LogP contribution in [0.2, 0.25) is 0 Å². The zero-order valence-electron chi connectivity index (χ0n) is 12.4. The Morgan fingerprint density at radius 2 is 2.05 bits per heavy atom. The third-order valence-electron chi connectivity index (χ3n) is 4.11. The summed E-state index contributed by atoms with van der Waals surface area (Å²) < 4.78 is 0. The molecule has 0 bridgehead atoms. The second-order valence-corrected chi connectivity index (χ2v) is 5.88. The van der Waals surface area contributed by atoms with Crippen LogP contribution in [0.15, 0.2) is 30.3 Å². The molecule has 1 aromatic rings. The van der Waals surface area contributed by atoms with Gasteiger partial charge < -0.3 is 10.2 Å². The number of piperidine rings is 1. The van der Waals surface area contributed by atoms with Crippen LogP contribution in [-0.2, 0) is 0 Å². The van der Waals surface area contributed by atoms with E-state index in [1.165, 1.54) is 51.0 Å². The van der Waals surface area contributed by atoms with E-state index in [1.807, 2.05) is 0 Å². The second-order valence-electron chi connectivity index (χ2n) is 5.88. The standard InChI is InChI=1S/C17H28N2/c1-3-4-12-19(17-8-6-5-7-9-17)14-16-10-11-18-15(2)13-16/h5-9,15-16,18H,3-4,10-14H2,1-2H3. The lowest BCUT2D eigenvalue weighted by atomic mass is 9.92. The zero-order chi connectivity index (χ0) is 13.5. The minimum absolute atomic E-state index is 0.683. The predicted octanol–water partition coefficient (Wildman–Crippen LogP) is 3.68. The summed E-state index contributed by atoms with van der Waals surface area (Å²) in [5, 5.41) is 3.55. The monoisotopic (exact) mass is 260 g/mol. The number of benzene rings is 1. The fourth-order valence-corrected chi connectivity index (χ4v) is 3.03. The van der Waals surface area contributed by atoms with Crippen molar-refractivity contribution >= 4 is 5.69 Å². The van der Waals surface area contributed by atoms with Gasteiger partial charge in [-0.15, -0.1) is 0 Å². The number of hydrogen-bond donors (Lipinski definition) is 1. The van der Waals surface area contributed by atoms with Gasteiger partial charge >= 0.3 is 0 Å². The molecule has 2 unspecified atom stereocenters. The first kappa shape index (κ1) is 14.4. The fourth-order valence-electron chi connectivity index (χ4n) is 3.03. The van der Waals surface area contributed by atoms with Crippen molar-refractivity contribution in [3.63, 3.8) is 0 Å². The van der Waals surface area contributed by atoms with Crippen LogP contribution >= 0.6 is 0 Å². The summed E-state index contributed by atoms with van der Waals surface area (Å²) in [7, 11) is 0. The van der Waals surface area contributed by atoms with Crippen LogP contribution in [0.3, 0.4) is 0 Å². The van der Waals surface area contributed by atoms with Gasteiger partial charge in [0.05, 0.1) is 0 Å². The van der Waals surface area contributed by atoms with E-state index in [9.17, 15) is 0 Å². The van der Waals surface area contributed by atoms with Crippen LogP contribution < -0.4 is 10.2 Å². The lowest BCUT2D eigenvalue weighted by Crippen LogP contribution is -2.41. The van der Waals surface area contributed by atoms with Crippen molar-refractivity contribution in [2.24, 2.45) is 5.92 Å².